The Kier molecular flexibility index (Phi) is 5.95. The second-order valence-electron chi connectivity index (χ2n) is 13.2. The Labute approximate surface area is 180 Å². The van der Waals surface area contributed by atoms with E-state index in [1.807, 2.05) is 0 Å². The van der Waals surface area contributed by atoms with E-state index in [1.54, 1.807) is 0 Å². The molecule has 0 spiro atoms. The van der Waals surface area contributed by atoms with E-state index < -0.39 is 0 Å². The van der Waals surface area contributed by atoms with Gasteiger partial charge in [-0.15, -0.1) is 0 Å². The molecule has 4 aliphatic carbocycles. The molecule has 7 unspecified atom stereocenters. The Bertz CT molecular complexity index is 580. The summed E-state index contributed by atoms with van der Waals surface area (Å²) in [6, 6.07) is 0. The predicted molar refractivity (Wildman–Crippen MR) is 121 cm³/mol. The van der Waals surface area contributed by atoms with Crippen LogP contribution in [0.15, 0.2) is 0 Å². The highest BCUT2D eigenvalue weighted by Gasteiger charge is 2.59. The highest BCUT2D eigenvalue weighted by Crippen LogP contribution is 2.67. The molecule has 29 heavy (non-hydrogen) atoms. The lowest BCUT2D eigenvalue weighted by molar-refractivity contribution is -0.127. The van der Waals surface area contributed by atoms with Gasteiger partial charge in [0, 0.05) is 0 Å². The smallest absolute Gasteiger partial charge is 0.0588 e. The van der Waals surface area contributed by atoms with E-state index in [4.69, 9.17) is 0 Å². The second-order valence-corrected chi connectivity index (χ2v) is 13.2. The Hall–Kier alpha value is -0.0800. The number of fused-ring (bicyclic) bond motifs is 5. The Morgan fingerprint density at radius 1 is 0.897 bits per heavy atom. The van der Waals surface area contributed by atoms with Crippen LogP contribution < -0.4 is 0 Å². The lowest BCUT2D eigenvalue weighted by Crippen LogP contribution is -2.53. The minimum Gasteiger partial charge on any atom is -0.393 e. The summed E-state index contributed by atoms with van der Waals surface area (Å²) in [6.07, 6.45) is 15.2. The molecule has 0 bridgehead atoms. The monoisotopic (exact) mass is 404 g/mol. The van der Waals surface area contributed by atoms with Crippen molar-refractivity contribution in [1.29, 1.82) is 0 Å². The highest BCUT2D eigenvalue weighted by molar-refractivity contribution is 5.09. The van der Waals surface area contributed by atoms with Crippen molar-refractivity contribution in [3.8, 4) is 0 Å². The summed E-state index contributed by atoms with van der Waals surface area (Å²) < 4.78 is 0. The fourth-order valence-electron chi connectivity index (χ4n) is 8.81. The molecular weight excluding hydrogens is 356 g/mol. The fourth-order valence-corrected chi connectivity index (χ4v) is 8.81. The molecule has 0 aromatic heterocycles. The van der Waals surface area contributed by atoms with Gasteiger partial charge in [-0.3, -0.25) is 0 Å². The predicted octanol–water partition coefficient (Wildman–Crippen LogP) is 6.58. The molecule has 2 nitrogen and oxygen atoms in total. The second kappa shape index (κ2) is 7.80. The van der Waals surface area contributed by atoms with Crippen LogP contribution in [0.25, 0.3) is 0 Å². The maximum Gasteiger partial charge on any atom is 0.0588 e. The van der Waals surface area contributed by atoms with Crippen molar-refractivity contribution in [1.82, 2.24) is 0 Å². The third kappa shape index (κ3) is 3.84. The van der Waals surface area contributed by atoms with E-state index in [9.17, 15) is 10.2 Å². The lowest BCUT2D eigenvalue weighted by atomic mass is 9.44. The first kappa shape index (κ1) is 22.1. The van der Waals surface area contributed by atoms with Gasteiger partial charge in [-0.05, 0) is 116 Å². The molecule has 9 atom stereocenters. The standard InChI is InChI=1S/C27H48O2/c1-25(2,3)24(29)8-6-7-18-10-12-22-21-11-9-19-17-20(28)13-15-27(19,5)23(21)14-16-26(18,22)4/h18-24,28-29H,6-17H2,1-5H3/t18-,19?,20?,21?,22?,23?,24?,26?,27-/m0/s1. The summed E-state index contributed by atoms with van der Waals surface area (Å²) >= 11 is 0. The zero-order valence-corrected chi connectivity index (χ0v) is 19.9. The molecule has 168 valence electrons. The first-order valence-corrected chi connectivity index (χ1v) is 12.9. The van der Waals surface area contributed by atoms with Gasteiger partial charge in [0.05, 0.1) is 12.2 Å². The molecule has 0 saturated heterocycles. The number of hydrogen-bond acceptors (Lipinski definition) is 2. The van der Waals surface area contributed by atoms with Crippen molar-refractivity contribution >= 4 is 0 Å². The molecule has 4 rings (SSSR count). The van der Waals surface area contributed by atoms with Crippen LogP contribution in [0.4, 0.5) is 0 Å². The van der Waals surface area contributed by atoms with Crippen LogP contribution in [-0.2, 0) is 0 Å². The van der Waals surface area contributed by atoms with Crippen LogP contribution in [0.5, 0.6) is 0 Å². The zero-order chi connectivity index (χ0) is 21.0. The lowest BCUT2D eigenvalue weighted by Gasteiger charge is -2.61. The van der Waals surface area contributed by atoms with Crippen molar-refractivity contribution in [2.75, 3.05) is 0 Å². The van der Waals surface area contributed by atoms with Crippen LogP contribution in [0.1, 0.15) is 112 Å². The summed E-state index contributed by atoms with van der Waals surface area (Å²) in [5.74, 6) is 4.43. The van der Waals surface area contributed by atoms with Crippen LogP contribution in [0.2, 0.25) is 0 Å². The summed E-state index contributed by atoms with van der Waals surface area (Å²) in [6.45, 7) is 11.7. The summed E-state index contributed by atoms with van der Waals surface area (Å²) in [7, 11) is 0. The molecule has 0 amide bonds. The molecule has 2 N–H and O–H groups in total. The number of aliphatic hydroxyl groups is 2. The first-order chi connectivity index (χ1) is 13.6. The van der Waals surface area contributed by atoms with Crippen molar-refractivity contribution in [2.45, 2.75) is 124 Å². The average molecular weight is 405 g/mol. The molecule has 0 radical (unpaired) electrons. The first-order valence-electron chi connectivity index (χ1n) is 12.9. The number of hydrogen-bond donors (Lipinski definition) is 2. The van der Waals surface area contributed by atoms with E-state index in [0.29, 0.717) is 10.8 Å². The topological polar surface area (TPSA) is 40.5 Å². The molecule has 4 saturated carbocycles. The highest BCUT2D eigenvalue weighted by atomic mass is 16.3. The molecule has 4 fully saturated rings. The molecular formula is C27H48O2. The number of rotatable bonds is 4. The normalized spacial score (nSPS) is 48.5. The van der Waals surface area contributed by atoms with Gasteiger partial charge in [-0.25, -0.2) is 0 Å². The van der Waals surface area contributed by atoms with Gasteiger partial charge < -0.3 is 10.2 Å². The van der Waals surface area contributed by atoms with E-state index in [1.165, 1.54) is 57.8 Å². The maximum atomic E-state index is 10.4. The third-order valence-electron chi connectivity index (χ3n) is 10.9. The van der Waals surface area contributed by atoms with Gasteiger partial charge >= 0.3 is 0 Å². The van der Waals surface area contributed by atoms with Crippen molar-refractivity contribution in [3.63, 3.8) is 0 Å². The number of aliphatic hydroxyl groups excluding tert-OH is 2. The van der Waals surface area contributed by atoms with Gasteiger partial charge in [0.15, 0.2) is 0 Å². The third-order valence-corrected chi connectivity index (χ3v) is 10.9. The van der Waals surface area contributed by atoms with Crippen LogP contribution >= 0.6 is 0 Å². The van der Waals surface area contributed by atoms with Crippen molar-refractivity contribution in [2.24, 2.45) is 45.8 Å². The SMILES string of the molecule is CC(C)(C)C(O)CCC[C@H]1CCC2C3CCC4CC(O)CC[C@]4(C)C3CCC21C. The molecule has 0 aliphatic heterocycles. The Morgan fingerprint density at radius 3 is 2.31 bits per heavy atom. The summed E-state index contributed by atoms with van der Waals surface area (Å²) in [5.41, 5.74) is 1.06. The van der Waals surface area contributed by atoms with E-state index >= 15 is 0 Å². The molecule has 2 heteroatoms. The fraction of sp³-hybridized carbons (Fsp3) is 1.00. The van der Waals surface area contributed by atoms with Gasteiger partial charge in [0.2, 0.25) is 0 Å². The van der Waals surface area contributed by atoms with E-state index in [0.717, 1.165) is 48.9 Å². The van der Waals surface area contributed by atoms with Crippen molar-refractivity contribution in [3.05, 3.63) is 0 Å². The summed E-state index contributed by atoms with van der Waals surface area (Å²) in [4.78, 5) is 0. The minimum absolute atomic E-state index is 0.0157. The van der Waals surface area contributed by atoms with Gasteiger partial charge in [0.1, 0.15) is 0 Å². The molecule has 0 aromatic carbocycles. The molecule has 0 aromatic rings. The Morgan fingerprint density at radius 2 is 1.59 bits per heavy atom. The maximum absolute atomic E-state index is 10.4. The zero-order valence-electron chi connectivity index (χ0n) is 19.9. The van der Waals surface area contributed by atoms with Crippen LogP contribution in [-0.4, -0.2) is 22.4 Å². The van der Waals surface area contributed by atoms with Gasteiger partial charge in [0.25, 0.3) is 0 Å². The van der Waals surface area contributed by atoms with Crippen molar-refractivity contribution < 1.29 is 10.2 Å². The van der Waals surface area contributed by atoms with Crippen LogP contribution in [0, 0.1) is 45.8 Å². The molecule has 4 aliphatic rings. The minimum atomic E-state index is -0.167. The van der Waals surface area contributed by atoms with E-state index in [-0.39, 0.29) is 17.6 Å². The van der Waals surface area contributed by atoms with Gasteiger partial charge in [-0.2, -0.15) is 0 Å². The van der Waals surface area contributed by atoms with Gasteiger partial charge in [-0.1, -0.05) is 41.0 Å². The molecule has 0 heterocycles. The Balaban J connectivity index is 1.41. The average Bonchev–Trinajstić information content (AvgIpc) is 2.98. The largest absolute Gasteiger partial charge is 0.393 e. The summed E-state index contributed by atoms with van der Waals surface area (Å²) in [5, 5.41) is 20.7. The van der Waals surface area contributed by atoms with Crippen LogP contribution in [0.3, 0.4) is 0 Å². The van der Waals surface area contributed by atoms with E-state index in [2.05, 4.69) is 34.6 Å². The quantitative estimate of drug-likeness (QED) is 0.555.